The molecule has 3 aromatic carbocycles. The molecule has 6 rings (SSSR count). The molecule has 2 N–H and O–H groups in total. The highest BCUT2D eigenvalue weighted by atomic mass is 32.1. The molecule has 2 aliphatic rings. The van der Waals surface area contributed by atoms with Crippen molar-refractivity contribution >= 4 is 39.0 Å². The van der Waals surface area contributed by atoms with Crippen LogP contribution in [0.15, 0.2) is 66.7 Å². The maximum Gasteiger partial charge on any atom is 0.344 e. The van der Waals surface area contributed by atoms with E-state index in [0.29, 0.717) is 17.2 Å². The van der Waals surface area contributed by atoms with Crippen LogP contribution in [-0.2, 0) is 12.8 Å². The highest BCUT2D eigenvalue weighted by Crippen LogP contribution is 2.46. The third-order valence-corrected chi connectivity index (χ3v) is 8.89. The summed E-state index contributed by atoms with van der Waals surface area (Å²) < 4.78 is 5.68. The Labute approximate surface area is 220 Å². The Balaban J connectivity index is 1.18. The third-order valence-electron chi connectivity index (χ3n) is 7.70. The first-order chi connectivity index (χ1) is 17.8. The van der Waals surface area contributed by atoms with Gasteiger partial charge in [-0.1, -0.05) is 69.3 Å². The Bertz CT molecular complexity index is 1510. The summed E-state index contributed by atoms with van der Waals surface area (Å²) in [7, 11) is 0. The fourth-order valence-electron chi connectivity index (χ4n) is 5.50. The van der Waals surface area contributed by atoms with E-state index in [9.17, 15) is 9.59 Å². The Kier molecular flexibility index (Phi) is 5.80. The predicted octanol–water partition coefficient (Wildman–Crippen LogP) is 7.13. The van der Waals surface area contributed by atoms with Gasteiger partial charge in [-0.05, 0) is 70.7 Å². The number of ether oxygens (including phenoxy) is 1. The number of carbonyl (C=O) groups is 2. The molecule has 0 unspecified atom stereocenters. The second kappa shape index (κ2) is 9.03. The molecule has 0 saturated heterocycles. The number of nitrogens with one attached hydrogen (secondary N) is 2. The maximum absolute atomic E-state index is 13.1. The van der Waals surface area contributed by atoms with E-state index in [1.54, 1.807) is 29.5 Å². The van der Waals surface area contributed by atoms with Crippen molar-refractivity contribution in [2.45, 2.75) is 46.2 Å². The standard InChI is InChI=1S/C31H30N2O3S/c1-31(2,3)20-13-16-24-25(17-20)37-29-26(24)28(34)32-27(33-29)19-11-14-21(15-12-19)36-30(35)23-10-6-8-18-7-4-5-9-22(18)23/h4-12,14-15,20,27,33H,13,16-17H2,1-3H3,(H,32,34)/t20-,27+/m0/s1. The molecule has 0 spiro atoms. The lowest BCUT2D eigenvalue weighted by atomic mass is 9.72. The van der Waals surface area contributed by atoms with Crippen molar-refractivity contribution in [2.75, 3.05) is 5.32 Å². The van der Waals surface area contributed by atoms with Gasteiger partial charge in [0.05, 0.1) is 11.1 Å². The summed E-state index contributed by atoms with van der Waals surface area (Å²) in [4.78, 5) is 27.4. The van der Waals surface area contributed by atoms with Crippen molar-refractivity contribution in [1.29, 1.82) is 0 Å². The number of carbonyl (C=O) groups excluding carboxylic acids is 2. The number of amides is 1. The summed E-state index contributed by atoms with van der Waals surface area (Å²) in [6, 6.07) is 20.7. The highest BCUT2D eigenvalue weighted by Gasteiger charge is 2.36. The van der Waals surface area contributed by atoms with Crippen LogP contribution in [0.2, 0.25) is 0 Å². The normalized spacial score (nSPS) is 18.9. The van der Waals surface area contributed by atoms with Gasteiger partial charge in [0, 0.05) is 4.88 Å². The van der Waals surface area contributed by atoms with Crippen LogP contribution in [-0.4, -0.2) is 11.9 Å². The van der Waals surface area contributed by atoms with Crippen LogP contribution in [0.5, 0.6) is 5.75 Å². The second-order valence-electron chi connectivity index (χ2n) is 11.0. The van der Waals surface area contributed by atoms with Crippen molar-refractivity contribution < 1.29 is 14.3 Å². The average molecular weight is 511 g/mol. The number of thiophene rings is 1. The maximum atomic E-state index is 13.1. The number of rotatable bonds is 3. The molecule has 37 heavy (non-hydrogen) atoms. The molecule has 1 aliphatic carbocycles. The van der Waals surface area contributed by atoms with E-state index in [-0.39, 0.29) is 17.5 Å². The van der Waals surface area contributed by atoms with E-state index in [2.05, 4.69) is 31.4 Å². The van der Waals surface area contributed by atoms with Crippen molar-refractivity contribution in [3.63, 3.8) is 0 Å². The summed E-state index contributed by atoms with van der Waals surface area (Å²) in [6.07, 6.45) is 2.78. The second-order valence-corrected chi connectivity index (χ2v) is 12.2. The highest BCUT2D eigenvalue weighted by molar-refractivity contribution is 7.16. The molecule has 0 fully saturated rings. The summed E-state index contributed by atoms with van der Waals surface area (Å²) in [5.74, 6) is 0.681. The van der Waals surface area contributed by atoms with E-state index >= 15 is 0 Å². The first-order valence-electron chi connectivity index (χ1n) is 12.8. The van der Waals surface area contributed by atoms with Crippen molar-refractivity contribution in [3.05, 3.63) is 93.9 Å². The van der Waals surface area contributed by atoms with Gasteiger partial charge in [-0.25, -0.2) is 4.79 Å². The van der Waals surface area contributed by atoms with Gasteiger partial charge in [0.15, 0.2) is 0 Å². The third kappa shape index (κ3) is 4.40. The van der Waals surface area contributed by atoms with Crippen LogP contribution in [0.4, 0.5) is 5.00 Å². The molecule has 2 heterocycles. The zero-order valence-corrected chi connectivity index (χ0v) is 22.1. The predicted molar refractivity (Wildman–Crippen MR) is 148 cm³/mol. The van der Waals surface area contributed by atoms with E-state index in [1.165, 1.54) is 10.4 Å². The number of benzene rings is 3. The van der Waals surface area contributed by atoms with Gasteiger partial charge in [-0.3, -0.25) is 4.79 Å². The molecular formula is C31H30N2O3S. The van der Waals surface area contributed by atoms with Gasteiger partial charge in [0.2, 0.25) is 0 Å². The molecule has 0 bridgehead atoms. The zero-order chi connectivity index (χ0) is 25.7. The SMILES string of the molecule is CC(C)(C)[C@H]1CCc2c(sc3c2C(=O)N[C@@H](c2ccc(OC(=O)c4cccc5ccccc45)cc2)N3)C1. The number of fused-ring (bicyclic) bond motifs is 4. The molecule has 1 aliphatic heterocycles. The summed E-state index contributed by atoms with van der Waals surface area (Å²) >= 11 is 1.73. The van der Waals surface area contributed by atoms with Crippen LogP contribution in [0.25, 0.3) is 10.8 Å². The summed E-state index contributed by atoms with van der Waals surface area (Å²) in [5.41, 5.74) is 3.75. The van der Waals surface area contributed by atoms with Gasteiger partial charge >= 0.3 is 5.97 Å². The lowest BCUT2D eigenvalue weighted by molar-refractivity contribution is 0.0736. The van der Waals surface area contributed by atoms with E-state index in [0.717, 1.165) is 46.2 Å². The number of hydrogen-bond donors (Lipinski definition) is 2. The number of esters is 1. The monoisotopic (exact) mass is 510 g/mol. The molecule has 188 valence electrons. The van der Waals surface area contributed by atoms with Gasteiger partial charge in [0.25, 0.3) is 5.91 Å². The molecule has 6 heteroatoms. The molecule has 0 saturated carbocycles. The quantitative estimate of drug-likeness (QED) is 0.227. The Morgan fingerprint density at radius 1 is 0.973 bits per heavy atom. The molecule has 1 amide bonds. The van der Waals surface area contributed by atoms with Crippen molar-refractivity contribution in [1.82, 2.24) is 5.32 Å². The number of hydrogen-bond acceptors (Lipinski definition) is 5. The lowest BCUT2D eigenvalue weighted by Gasteiger charge is -2.34. The molecule has 2 atom stereocenters. The first-order valence-corrected chi connectivity index (χ1v) is 13.6. The fraction of sp³-hybridized carbons (Fsp3) is 0.290. The molecule has 5 nitrogen and oxygen atoms in total. The fourth-order valence-corrected chi connectivity index (χ4v) is 6.85. The van der Waals surface area contributed by atoms with Gasteiger partial charge < -0.3 is 15.4 Å². The molecular weight excluding hydrogens is 480 g/mol. The Morgan fingerprint density at radius 3 is 2.51 bits per heavy atom. The number of anilines is 1. The van der Waals surface area contributed by atoms with Crippen LogP contribution in [0.3, 0.4) is 0 Å². The van der Waals surface area contributed by atoms with Crippen molar-refractivity contribution in [3.8, 4) is 5.75 Å². The van der Waals surface area contributed by atoms with Gasteiger partial charge in [-0.15, -0.1) is 11.3 Å². The van der Waals surface area contributed by atoms with Crippen LogP contribution < -0.4 is 15.4 Å². The molecule has 0 radical (unpaired) electrons. The minimum absolute atomic E-state index is 0.0167. The van der Waals surface area contributed by atoms with E-state index in [1.807, 2.05) is 48.5 Å². The minimum atomic E-state index is -0.393. The van der Waals surface area contributed by atoms with Crippen molar-refractivity contribution in [2.24, 2.45) is 11.3 Å². The Morgan fingerprint density at radius 2 is 1.73 bits per heavy atom. The van der Waals surface area contributed by atoms with Crippen LogP contribution in [0, 0.1) is 11.3 Å². The van der Waals surface area contributed by atoms with E-state index < -0.39 is 5.97 Å². The van der Waals surface area contributed by atoms with Gasteiger partial charge in [-0.2, -0.15) is 0 Å². The van der Waals surface area contributed by atoms with Crippen LogP contribution in [0.1, 0.15) is 70.1 Å². The Hall–Kier alpha value is -3.64. The smallest absolute Gasteiger partial charge is 0.344 e. The van der Waals surface area contributed by atoms with Crippen LogP contribution >= 0.6 is 11.3 Å². The van der Waals surface area contributed by atoms with Gasteiger partial charge in [0.1, 0.15) is 16.9 Å². The zero-order valence-electron chi connectivity index (χ0n) is 21.3. The lowest BCUT2D eigenvalue weighted by Crippen LogP contribution is -2.38. The topological polar surface area (TPSA) is 67.4 Å². The minimum Gasteiger partial charge on any atom is -0.423 e. The summed E-state index contributed by atoms with van der Waals surface area (Å²) in [5, 5.41) is 9.48. The average Bonchev–Trinajstić information content (AvgIpc) is 3.26. The van der Waals surface area contributed by atoms with E-state index in [4.69, 9.17) is 4.74 Å². The largest absolute Gasteiger partial charge is 0.423 e. The molecule has 4 aromatic rings. The first kappa shape index (κ1) is 23.7. The summed E-state index contributed by atoms with van der Waals surface area (Å²) in [6.45, 7) is 6.92. The molecule has 1 aromatic heterocycles.